The summed E-state index contributed by atoms with van der Waals surface area (Å²) in [6, 6.07) is 14.7. The molecule has 2 aromatic carbocycles. The Morgan fingerprint density at radius 2 is 1.95 bits per heavy atom. The lowest BCUT2D eigenvalue weighted by atomic mass is 10.1. The first-order valence-electron chi connectivity index (χ1n) is 6.82. The van der Waals surface area contributed by atoms with Crippen LogP contribution in [0.5, 0.6) is 5.75 Å². The van der Waals surface area contributed by atoms with Crippen LogP contribution < -0.4 is 10.1 Å². The average molecular weight is 285 g/mol. The number of hydrogen-bond acceptors (Lipinski definition) is 3. The molecule has 0 aromatic heterocycles. The number of amides is 1. The highest BCUT2D eigenvalue weighted by Gasteiger charge is 2.07. The summed E-state index contributed by atoms with van der Waals surface area (Å²) in [4.78, 5) is 11.8. The summed E-state index contributed by atoms with van der Waals surface area (Å²) in [5.41, 5.74) is 2.46. The quantitative estimate of drug-likeness (QED) is 0.887. The van der Waals surface area contributed by atoms with E-state index in [9.17, 15) is 9.90 Å². The Morgan fingerprint density at radius 3 is 2.57 bits per heavy atom. The summed E-state index contributed by atoms with van der Waals surface area (Å²) in [6.07, 6.45) is -0.515. The van der Waals surface area contributed by atoms with Gasteiger partial charge in [-0.15, -0.1) is 0 Å². The number of hydrogen-bond donors (Lipinski definition) is 2. The van der Waals surface area contributed by atoms with Crippen molar-refractivity contribution >= 4 is 11.6 Å². The van der Waals surface area contributed by atoms with Gasteiger partial charge < -0.3 is 15.2 Å². The van der Waals surface area contributed by atoms with Crippen LogP contribution in [0.2, 0.25) is 0 Å². The van der Waals surface area contributed by atoms with Crippen molar-refractivity contribution in [2.45, 2.75) is 20.0 Å². The Bertz CT molecular complexity index is 609. The first-order chi connectivity index (χ1) is 10.1. The van der Waals surface area contributed by atoms with Gasteiger partial charge in [-0.2, -0.15) is 0 Å². The van der Waals surface area contributed by atoms with E-state index in [1.807, 2.05) is 43.3 Å². The van der Waals surface area contributed by atoms with Crippen LogP contribution in [0.3, 0.4) is 0 Å². The molecule has 0 unspecified atom stereocenters. The lowest BCUT2D eigenvalue weighted by Crippen LogP contribution is -2.20. The number of ether oxygens (including phenoxy) is 1. The molecule has 4 heteroatoms. The average Bonchev–Trinajstić information content (AvgIpc) is 2.47. The number of anilines is 1. The number of carbonyl (C=O) groups excluding carboxylic acids is 1. The van der Waals surface area contributed by atoms with Gasteiger partial charge in [0.15, 0.2) is 6.61 Å². The van der Waals surface area contributed by atoms with Crippen LogP contribution in [0.4, 0.5) is 5.69 Å². The smallest absolute Gasteiger partial charge is 0.262 e. The minimum Gasteiger partial charge on any atom is -0.483 e. The normalized spacial score (nSPS) is 11.8. The standard InChI is InChI=1S/C17H19NO3/c1-12-10-14(13(2)19)8-9-16(12)21-11-17(20)18-15-6-4-3-5-7-15/h3-10,13,19H,11H2,1-2H3,(H,18,20)/t13-/m1/s1. The van der Waals surface area contributed by atoms with E-state index in [-0.39, 0.29) is 12.5 Å². The fourth-order valence-electron chi connectivity index (χ4n) is 1.96. The zero-order valence-electron chi connectivity index (χ0n) is 12.2. The molecule has 110 valence electrons. The minimum absolute atomic E-state index is 0.0518. The predicted molar refractivity (Wildman–Crippen MR) is 82.4 cm³/mol. The summed E-state index contributed by atoms with van der Waals surface area (Å²) >= 11 is 0. The molecule has 0 saturated carbocycles. The van der Waals surface area contributed by atoms with Crippen molar-refractivity contribution in [2.75, 3.05) is 11.9 Å². The van der Waals surface area contributed by atoms with E-state index in [0.717, 1.165) is 16.8 Å². The fourth-order valence-corrected chi connectivity index (χ4v) is 1.96. The monoisotopic (exact) mass is 285 g/mol. The summed E-state index contributed by atoms with van der Waals surface area (Å²) < 4.78 is 5.51. The molecule has 1 atom stereocenters. The van der Waals surface area contributed by atoms with E-state index in [4.69, 9.17) is 4.74 Å². The maximum absolute atomic E-state index is 11.8. The molecule has 0 spiro atoms. The number of rotatable bonds is 5. The highest BCUT2D eigenvalue weighted by molar-refractivity contribution is 5.91. The van der Waals surface area contributed by atoms with Crippen LogP contribution in [-0.2, 0) is 4.79 Å². The molecule has 0 saturated heterocycles. The summed E-state index contributed by atoms with van der Waals surface area (Å²) in [7, 11) is 0. The summed E-state index contributed by atoms with van der Waals surface area (Å²) in [6.45, 7) is 3.54. The van der Waals surface area contributed by atoms with Gasteiger partial charge >= 0.3 is 0 Å². The highest BCUT2D eigenvalue weighted by Crippen LogP contribution is 2.22. The van der Waals surface area contributed by atoms with Gasteiger partial charge in [0.25, 0.3) is 5.91 Å². The summed E-state index contributed by atoms with van der Waals surface area (Å²) in [5, 5.41) is 12.3. The second kappa shape index (κ2) is 6.90. The molecular formula is C17H19NO3. The Kier molecular flexibility index (Phi) is 4.95. The van der Waals surface area contributed by atoms with Crippen molar-refractivity contribution in [1.82, 2.24) is 0 Å². The second-order valence-electron chi connectivity index (χ2n) is 4.90. The molecule has 0 aliphatic carbocycles. The molecule has 4 nitrogen and oxygen atoms in total. The maximum Gasteiger partial charge on any atom is 0.262 e. The van der Waals surface area contributed by atoms with Crippen LogP contribution in [0.15, 0.2) is 48.5 Å². The van der Waals surface area contributed by atoms with Crippen LogP contribution >= 0.6 is 0 Å². The number of nitrogens with one attached hydrogen (secondary N) is 1. The van der Waals surface area contributed by atoms with Gasteiger partial charge in [-0.25, -0.2) is 0 Å². The molecule has 2 N–H and O–H groups in total. The largest absolute Gasteiger partial charge is 0.483 e. The number of aliphatic hydroxyl groups excluding tert-OH is 1. The predicted octanol–water partition coefficient (Wildman–Crippen LogP) is 3.07. The molecule has 0 radical (unpaired) electrons. The van der Waals surface area contributed by atoms with Crippen molar-refractivity contribution in [3.8, 4) is 5.75 Å². The van der Waals surface area contributed by atoms with E-state index in [1.165, 1.54) is 0 Å². The number of benzene rings is 2. The van der Waals surface area contributed by atoms with E-state index in [0.29, 0.717) is 5.75 Å². The van der Waals surface area contributed by atoms with Crippen LogP contribution in [0, 0.1) is 6.92 Å². The van der Waals surface area contributed by atoms with Gasteiger partial charge in [0.05, 0.1) is 6.10 Å². The fraction of sp³-hybridized carbons (Fsp3) is 0.235. The first-order valence-corrected chi connectivity index (χ1v) is 6.82. The SMILES string of the molecule is Cc1cc([C@@H](C)O)ccc1OCC(=O)Nc1ccccc1. The van der Waals surface area contributed by atoms with Crippen molar-refractivity contribution in [2.24, 2.45) is 0 Å². The minimum atomic E-state index is -0.515. The van der Waals surface area contributed by atoms with Gasteiger partial charge in [-0.3, -0.25) is 4.79 Å². The maximum atomic E-state index is 11.8. The molecule has 2 aromatic rings. The number of carbonyl (C=O) groups is 1. The highest BCUT2D eigenvalue weighted by atomic mass is 16.5. The van der Waals surface area contributed by atoms with E-state index in [2.05, 4.69) is 5.32 Å². The van der Waals surface area contributed by atoms with Crippen molar-refractivity contribution in [3.63, 3.8) is 0 Å². The van der Waals surface area contributed by atoms with Crippen LogP contribution in [-0.4, -0.2) is 17.6 Å². The third-order valence-corrected chi connectivity index (χ3v) is 3.10. The Hall–Kier alpha value is -2.33. The van der Waals surface area contributed by atoms with Crippen molar-refractivity contribution < 1.29 is 14.6 Å². The molecule has 0 fully saturated rings. The van der Waals surface area contributed by atoms with Gasteiger partial charge in [0.2, 0.25) is 0 Å². The summed E-state index contributed by atoms with van der Waals surface area (Å²) in [5.74, 6) is 0.433. The third kappa shape index (κ3) is 4.33. The van der Waals surface area contributed by atoms with E-state index >= 15 is 0 Å². The molecule has 0 bridgehead atoms. The lowest BCUT2D eigenvalue weighted by Gasteiger charge is -2.12. The molecular weight excluding hydrogens is 266 g/mol. The van der Waals surface area contributed by atoms with Gasteiger partial charge in [0, 0.05) is 5.69 Å². The van der Waals surface area contributed by atoms with Crippen LogP contribution in [0.25, 0.3) is 0 Å². The Balaban J connectivity index is 1.92. The molecule has 0 aliphatic rings. The number of para-hydroxylation sites is 1. The Morgan fingerprint density at radius 1 is 1.24 bits per heavy atom. The number of aliphatic hydroxyl groups is 1. The number of aryl methyl sites for hydroxylation is 1. The molecule has 0 heterocycles. The third-order valence-electron chi connectivity index (χ3n) is 3.10. The van der Waals surface area contributed by atoms with E-state index in [1.54, 1.807) is 19.1 Å². The molecule has 21 heavy (non-hydrogen) atoms. The second-order valence-corrected chi connectivity index (χ2v) is 4.90. The van der Waals surface area contributed by atoms with E-state index < -0.39 is 6.10 Å². The molecule has 2 rings (SSSR count). The lowest BCUT2D eigenvalue weighted by molar-refractivity contribution is -0.118. The van der Waals surface area contributed by atoms with Gasteiger partial charge in [-0.1, -0.05) is 24.3 Å². The zero-order valence-corrected chi connectivity index (χ0v) is 12.2. The zero-order chi connectivity index (χ0) is 15.2. The van der Waals surface area contributed by atoms with Crippen LogP contribution in [0.1, 0.15) is 24.2 Å². The Labute approximate surface area is 124 Å². The van der Waals surface area contributed by atoms with Crippen molar-refractivity contribution in [1.29, 1.82) is 0 Å². The topological polar surface area (TPSA) is 58.6 Å². The molecule has 0 aliphatic heterocycles. The first kappa shape index (κ1) is 15.1. The van der Waals surface area contributed by atoms with Crippen molar-refractivity contribution in [3.05, 3.63) is 59.7 Å². The van der Waals surface area contributed by atoms with Gasteiger partial charge in [0.1, 0.15) is 5.75 Å². The molecule has 1 amide bonds. The van der Waals surface area contributed by atoms with Gasteiger partial charge in [-0.05, 0) is 49.2 Å².